The van der Waals surface area contributed by atoms with Crippen LogP contribution in [0, 0.1) is 52.9 Å². The van der Waals surface area contributed by atoms with Gasteiger partial charge >= 0.3 is 5.97 Å². The Morgan fingerprint density at radius 3 is 1.43 bits per heavy atom. The Morgan fingerprint density at radius 2 is 0.957 bits per heavy atom. The standard InChI is InChI=1S/C60H45N5O2S3/c1-32-26-34(3)54(35(4)27-32)58-45-17-13-41(62-45)56(39-11-9-38(10-12-39)30-40(31-61)60(66)67)42-14-18-46(63-42)59(55-36(5)28-33(2)29-37(55)6)48-20-16-44(65-48)57(43-15-19-47(58)64-43)53-24-23-52(70-53)51-22-21-50(69-51)49-8-7-25-68-49/h7-30,62,65H,1-6H3,(H,66,67)/b40-30-,56-41?,56-42?,57-43?,57-44?,58-45?,58-47?,59-46?,59-48?. The van der Waals surface area contributed by atoms with E-state index in [4.69, 9.17) is 9.97 Å². The summed E-state index contributed by atoms with van der Waals surface area (Å²) < 4.78 is 0. The Hall–Kier alpha value is -7.94. The Morgan fingerprint density at radius 1 is 0.529 bits per heavy atom. The molecule has 11 rings (SSSR count). The van der Waals surface area contributed by atoms with Crippen molar-refractivity contribution in [2.75, 3.05) is 0 Å². The summed E-state index contributed by atoms with van der Waals surface area (Å²) in [4.78, 5) is 36.8. The monoisotopic (exact) mass is 963 g/mol. The molecule has 8 heterocycles. The van der Waals surface area contributed by atoms with Crippen molar-refractivity contribution in [2.24, 2.45) is 0 Å². The Labute approximate surface area is 417 Å². The summed E-state index contributed by atoms with van der Waals surface area (Å²) in [7, 11) is 0. The number of aryl methyl sites for hydroxylation is 6. The van der Waals surface area contributed by atoms with Crippen molar-refractivity contribution in [2.45, 2.75) is 41.5 Å². The van der Waals surface area contributed by atoms with Crippen molar-refractivity contribution in [3.05, 3.63) is 182 Å². The number of hydrogen-bond donors (Lipinski definition) is 3. The van der Waals surface area contributed by atoms with Crippen LogP contribution in [0.25, 0.3) is 116 Å². The smallest absolute Gasteiger partial charge is 0.346 e. The van der Waals surface area contributed by atoms with Gasteiger partial charge in [-0.2, -0.15) is 5.26 Å². The van der Waals surface area contributed by atoms with E-state index in [1.165, 1.54) is 36.7 Å². The minimum absolute atomic E-state index is 0.334. The quantitative estimate of drug-likeness (QED) is 0.104. The van der Waals surface area contributed by atoms with Crippen molar-refractivity contribution < 1.29 is 9.90 Å². The Kier molecular flexibility index (Phi) is 11.4. The normalized spacial score (nSPS) is 12.2. The van der Waals surface area contributed by atoms with E-state index in [0.29, 0.717) is 5.56 Å². The van der Waals surface area contributed by atoms with Crippen LogP contribution in [0.4, 0.5) is 0 Å². The van der Waals surface area contributed by atoms with Crippen LogP contribution in [-0.4, -0.2) is 31.0 Å². The minimum Gasteiger partial charge on any atom is -0.477 e. The SMILES string of the molecule is Cc1cc(C)c(-c2c3nc(c(-c4ccc(-c5ccc(-c6cccs6)s5)s4)c4ccc([nH]4)c(-c4c(C)cc(C)cc4C)c4nc(c(-c5ccc(/C=C(/C#N)C(=O)O)cc5)c5ccc2[nH]5)C=C4)C=C3)c(C)c1. The molecule has 8 bridgehead atoms. The highest BCUT2D eigenvalue weighted by atomic mass is 32.1. The second-order valence-corrected chi connectivity index (χ2v) is 21.1. The molecule has 340 valence electrons. The predicted molar refractivity (Wildman–Crippen MR) is 295 cm³/mol. The molecule has 2 aliphatic rings. The maximum Gasteiger partial charge on any atom is 0.346 e. The molecule has 0 radical (unpaired) electrons. The zero-order valence-electron chi connectivity index (χ0n) is 39.3. The number of nitrogens with zero attached hydrogens (tertiary/aromatic N) is 3. The van der Waals surface area contributed by atoms with Gasteiger partial charge in [0.05, 0.1) is 22.8 Å². The molecule has 2 aliphatic heterocycles. The summed E-state index contributed by atoms with van der Waals surface area (Å²) in [6, 6.07) is 40.2. The molecular weight excluding hydrogens is 919 g/mol. The number of carboxylic acid groups (broad SMARTS) is 1. The fourth-order valence-corrected chi connectivity index (χ4v) is 13.1. The van der Waals surface area contributed by atoms with Crippen LogP contribution < -0.4 is 0 Å². The summed E-state index contributed by atoms with van der Waals surface area (Å²) in [6.45, 7) is 13.0. The van der Waals surface area contributed by atoms with Crippen LogP contribution in [0.3, 0.4) is 0 Å². The third kappa shape index (κ3) is 8.08. The second-order valence-electron chi connectivity index (χ2n) is 18.0. The summed E-state index contributed by atoms with van der Waals surface area (Å²) in [6.07, 6.45) is 9.89. The van der Waals surface area contributed by atoms with Crippen LogP contribution in [0.2, 0.25) is 0 Å². The van der Waals surface area contributed by atoms with E-state index >= 15 is 0 Å². The van der Waals surface area contributed by atoms with Gasteiger partial charge in [-0.05, 0) is 176 Å². The lowest BCUT2D eigenvalue weighted by atomic mass is 9.92. The highest BCUT2D eigenvalue weighted by Crippen LogP contribution is 2.45. The third-order valence-electron chi connectivity index (χ3n) is 12.9. The molecule has 0 atom stereocenters. The largest absolute Gasteiger partial charge is 0.477 e. The molecule has 10 heteroatoms. The number of aromatic amines is 2. The lowest BCUT2D eigenvalue weighted by Gasteiger charge is -2.13. The number of fused-ring (bicyclic) bond motifs is 8. The molecule has 0 amide bonds. The van der Waals surface area contributed by atoms with Crippen molar-refractivity contribution in [1.82, 2.24) is 19.9 Å². The van der Waals surface area contributed by atoms with Gasteiger partial charge in [0.15, 0.2) is 0 Å². The Balaban J connectivity index is 1.24. The summed E-state index contributed by atoms with van der Waals surface area (Å²) in [5.41, 5.74) is 21.2. The van der Waals surface area contributed by atoms with E-state index in [1.807, 2.05) is 35.6 Å². The number of aromatic nitrogens is 4. The van der Waals surface area contributed by atoms with Gasteiger partial charge in [-0.15, -0.1) is 34.0 Å². The summed E-state index contributed by atoms with van der Waals surface area (Å²) >= 11 is 5.37. The molecule has 7 nitrogen and oxygen atoms in total. The van der Waals surface area contributed by atoms with Gasteiger partial charge in [0.25, 0.3) is 0 Å². The van der Waals surface area contributed by atoms with Gasteiger partial charge < -0.3 is 15.1 Å². The molecule has 0 fully saturated rings. The summed E-state index contributed by atoms with van der Waals surface area (Å²) in [5, 5.41) is 21.2. The first-order chi connectivity index (χ1) is 33.9. The van der Waals surface area contributed by atoms with Gasteiger partial charge in [-0.3, -0.25) is 0 Å². The first-order valence-corrected chi connectivity index (χ1v) is 25.4. The number of rotatable bonds is 8. The number of carboxylic acids is 1. The van der Waals surface area contributed by atoms with Gasteiger partial charge in [0.2, 0.25) is 0 Å². The molecular formula is C60H45N5O2S3. The molecule has 0 saturated carbocycles. The van der Waals surface area contributed by atoms with E-state index in [0.717, 1.165) is 111 Å². The average molecular weight is 964 g/mol. The number of benzene rings is 3. The lowest BCUT2D eigenvalue weighted by molar-refractivity contribution is -0.132. The molecule has 0 unspecified atom stereocenters. The maximum atomic E-state index is 11.8. The minimum atomic E-state index is -1.27. The number of carbonyl (C=O) groups is 1. The molecule has 0 aliphatic carbocycles. The van der Waals surface area contributed by atoms with E-state index in [-0.39, 0.29) is 5.57 Å². The third-order valence-corrected chi connectivity index (χ3v) is 16.4. The molecule has 9 aromatic rings. The highest BCUT2D eigenvalue weighted by Gasteiger charge is 2.23. The molecule has 0 spiro atoms. The molecule has 6 aromatic heterocycles. The number of thiophene rings is 3. The molecule has 3 N–H and O–H groups in total. The van der Waals surface area contributed by atoms with Crippen LogP contribution in [-0.2, 0) is 4.79 Å². The van der Waals surface area contributed by atoms with Crippen molar-refractivity contribution in [1.29, 1.82) is 5.26 Å². The van der Waals surface area contributed by atoms with E-state index in [9.17, 15) is 15.2 Å². The first kappa shape index (κ1) is 44.6. The van der Waals surface area contributed by atoms with Gasteiger partial charge in [0, 0.05) is 68.7 Å². The zero-order valence-corrected chi connectivity index (χ0v) is 41.7. The molecule has 3 aromatic carbocycles. The van der Waals surface area contributed by atoms with E-state index in [2.05, 4.69) is 166 Å². The second kappa shape index (κ2) is 17.9. The average Bonchev–Trinajstić information content (AvgIpc) is 4.17. The lowest BCUT2D eigenvalue weighted by Crippen LogP contribution is -1.97. The molecule has 70 heavy (non-hydrogen) atoms. The summed E-state index contributed by atoms with van der Waals surface area (Å²) in [5.74, 6) is -1.27. The van der Waals surface area contributed by atoms with Gasteiger partial charge in [0.1, 0.15) is 11.6 Å². The van der Waals surface area contributed by atoms with Crippen LogP contribution >= 0.6 is 34.0 Å². The topological polar surface area (TPSA) is 118 Å². The fourth-order valence-electron chi connectivity index (χ4n) is 10.1. The van der Waals surface area contributed by atoms with Gasteiger partial charge in [-0.1, -0.05) is 65.7 Å². The number of nitriles is 1. The van der Waals surface area contributed by atoms with Crippen LogP contribution in [0.15, 0.2) is 120 Å². The predicted octanol–water partition coefficient (Wildman–Crippen LogP) is 16.7. The number of aliphatic carboxylic acids is 1. The van der Waals surface area contributed by atoms with Crippen molar-refractivity contribution in [3.8, 4) is 69.4 Å². The van der Waals surface area contributed by atoms with Crippen LogP contribution in [0.1, 0.15) is 61.7 Å². The first-order valence-electron chi connectivity index (χ1n) is 22.9. The van der Waals surface area contributed by atoms with Crippen molar-refractivity contribution in [3.63, 3.8) is 0 Å². The van der Waals surface area contributed by atoms with Crippen LogP contribution in [0.5, 0.6) is 0 Å². The van der Waals surface area contributed by atoms with Gasteiger partial charge in [-0.25, -0.2) is 14.8 Å². The fraction of sp³-hybridized carbons (Fsp3) is 0.100. The maximum absolute atomic E-state index is 11.8. The number of H-pyrrole nitrogens is 2. The van der Waals surface area contributed by atoms with E-state index in [1.54, 1.807) is 28.7 Å². The van der Waals surface area contributed by atoms with Crippen molar-refractivity contribution >= 4 is 92.4 Å². The van der Waals surface area contributed by atoms with E-state index < -0.39 is 5.97 Å². The molecule has 0 saturated heterocycles. The zero-order chi connectivity index (χ0) is 48.4. The highest BCUT2D eigenvalue weighted by molar-refractivity contribution is 7.27. The number of nitrogens with one attached hydrogen (secondary N) is 2. The Bertz CT molecular complexity index is 3840. The number of hydrogen-bond acceptors (Lipinski definition) is 7.